The molecule has 0 spiro atoms. The average Bonchev–Trinajstić information content (AvgIpc) is 2.67. The smallest absolute Gasteiger partial charge is 0.311 e. The summed E-state index contributed by atoms with van der Waals surface area (Å²) in [6, 6.07) is 0. The van der Waals surface area contributed by atoms with Crippen LogP contribution < -0.4 is 5.32 Å². The zero-order valence-corrected chi connectivity index (χ0v) is 13.5. The number of aromatic nitrogens is 2. The van der Waals surface area contributed by atoms with Crippen molar-refractivity contribution in [2.75, 3.05) is 6.54 Å². The molecule has 0 aliphatic heterocycles. The third-order valence-corrected chi connectivity index (χ3v) is 4.43. The second-order valence-electron chi connectivity index (χ2n) is 5.52. The molecule has 0 unspecified atom stereocenters. The fourth-order valence-corrected chi connectivity index (χ4v) is 2.44. The van der Waals surface area contributed by atoms with Crippen LogP contribution in [0.1, 0.15) is 43.6 Å². The molecule has 6 heteroatoms. The maximum absolute atomic E-state index is 12.1. The molecule has 1 aromatic rings. The first-order valence-electron chi connectivity index (χ1n) is 7.26. The Morgan fingerprint density at radius 1 is 1.29 bits per heavy atom. The molecule has 21 heavy (non-hydrogen) atoms. The van der Waals surface area contributed by atoms with E-state index in [1.54, 1.807) is 4.68 Å². The van der Waals surface area contributed by atoms with E-state index in [1.165, 1.54) is 0 Å². The van der Waals surface area contributed by atoms with Gasteiger partial charge in [0.25, 0.3) is 0 Å². The zero-order chi connectivity index (χ0) is 16.2. The molecule has 6 nitrogen and oxygen atoms in total. The fourth-order valence-electron chi connectivity index (χ4n) is 2.44. The number of hydrogen-bond acceptors (Lipinski definition) is 3. The summed E-state index contributed by atoms with van der Waals surface area (Å²) in [4.78, 5) is 23.5. The summed E-state index contributed by atoms with van der Waals surface area (Å²) in [6.45, 7) is 7.61. The lowest BCUT2D eigenvalue weighted by Crippen LogP contribution is -2.42. The van der Waals surface area contributed by atoms with Crippen LogP contribution in [0, 0.1) is 19.3 Å². The first-order chi connectivity index (χ1) is 9.77. The molecule has 0 bridgehead atoms. The first-order valence-corrected chi connectivity index (χ1v) is 7.26. The van der Waals surface area contributed by atoms with Crippen LogP contribution in [0.4, 0.5) is 0 Å². The Balaban J connectivity index is 2.72. The molecule has 0 aliphatic carbocycles. The van der Waals surface area contributed by atoms with Gasteiger partial charge >= 0.3 is 5.97 Å². The normalized spacial score (nSPS) is 11.5. The van der Waals surface area contributed by atoms with Gasteiger partial charge in [0.05, 0.1) is 17.5 Å². The molecule has 0 atom stereocenters. The van der Waals surface area contributed by atoms with Crippen LogP contribution in [0.5, 0.6) is 0 Å². The molecule has 0 radical (unpaired) electrons. The molecule has 0 aliphatic rings. The average molecular weight is 295 g/mol. The standard InChI is InChI=1S/C15H25N3O3/c1-6-15(7-2,14(20)21)9-16-13(19)8-12-10(3)17-18(5)11(12)4/h6-9H2,1-5H3,(H,16,19)(H,20,21). The van der Waals surface area contributed by atoms with Crippen molar-refractivity contribution in [3.05, 3.63) is 17.0 Å². The highest BCUT2D eigenvalue weighted by atomic mass is 16.4. The maximum Gasteiger partial charge on any atom is 0.311 e. The predicted octanol–water partition coefficient (Wildman–Crippen LogP) is 1.59. The lowest BCUT2D eigenvalue weighted by molar-refractivity contribution is -0.149. The lowest BCUT2D eigenvalue weighted by Gasteiger charge is -2.26. The molecule has 0 saturated carbocycles. The molecule has 1 amide bonds. The number of aryl methyl sites for hydroxylation is 2. The molecule has 0 fully saturated rings. The van der Waals surface area contributed by atoms with Crippen LogP contribution in [-0.2, 0) is 23.1 Å². The quantitative estimate of drug-likeness (QED) is 0.800. The van der Waals surface area contributed by atoms with E-state index in [2.05, 4.69) is 10.4 Å². The van der Waals surface area contributed by atoms with Gasteiger partial charge in [-0.2, -0.15) is 5.10 Å². The van der Waals surface area contributed by atoms with Crippen molar-refractivity contribution < 1.29 is 14.7 Å². The number of aliphatic carboxylic acids is 1. The number of nitrogens with one attached hydrogen (secondary N) is 1. The predicted molar refractivity (Wildman–Crippen MR) is 80.0 cm³/mol. The van der Waals surface area contributed by atoms with Crippen LogP contribution in [0.25, 0.3) is 0 Å². The molecule has 118 valence electrons. The number of carbonyl (C=O) groups is 2. The molecule has 0 saturated heterocycles. The number of nitrogens with zero attached hydrogens (tertiary/aromatic N) is 2. The molecule has 1 rings (SSSR count). The highest BCUT2D eigenvalue weighted by molar-refractivity contribution is 5.81. The van der Waals surface area contributed by atoms with E-state index in [-0.39, 0.29) is 18.9 Å². The Morgan fingerprint density at radius 2 is 1.86 bits per heavy atom. The summed E-state index contributed by atoms with van der Waals surface area (Å²) in [5.41, 5.74) is 1.82. The van der Waals surface area contributed by atoms with E-state index in [4.69, 9.17) is 0 Å². The number of carbonyl (C=O) groups excluding carboxylic acids is 1. The number of carboxylic acid groups (broad SMARTS) is 1. The minimum atomic E-state index is -0.880. The van der Waals surface area contributed by atoms with E-state index in [0.29, 0.717) is 12.8 Å². The summed E-state index contributed by atoms with van der Waals surface area (Å²) in [6.07, 6.45) is 1.21. The van der Waals surface area contributed by atoms with Gasteiger partial charge in [-0.3, -0.25) is 14.3 Å². The zero-order valence-electron chi connectivity index (χ0n) is 13.5. The topological polar surface area (TPSA) is 84.2 Å². The largest absolute Gasteiger partial charge is 0.481 e. The van der Waals surface area contributed by atoms with Gasteiger partial charge in [-0.15, -0.1) is 0 Å². The Hall–Kier alpha value is -1.85. The van der Waals surface area contributed by atoms with E-state index in [9.17, 15) is 14.7 Å². The summed E-state index contributed by atoms with van der Waals surface area (Å²) in [5.74, 6) is -1.02. The van der Waals surface area contributed by atoms with Gasteiger partial charge in [0.2, 0.25) is 5.91 Å². The highest BCUT2D eigenvalue weighted by Crippen LogP contribution is 2.25. The van der Waals surface area contributed by atoms with Crippen molar-refractivity contribution in [1.82, 2.24) is 15.1 Å². The Morgan fingerprint density at radius 3 is 2.24 bits per heavy atom. The van der Waals surface area contributed by atoms with Crippen molar-refractivity contribution in [1.29, 1.82) is 0 Å². The van der Waals surface area contributed by atoms with Crippen molar-refractivity contribution in [3.63, 3.8) is 0 Å². The van der Waals surface area contributed by atoms with E-state index in [1.807, 2.05) is 34.7 Å². The Bertz CT molecular complexity index is 531. The van der Waals surface area contributed by atoms with Crippen molar-refractivity contribution in [2.24, 2.45) is 12.5 Å². The summed E-state index contributed by atoms with van der Waals surface area (Å²) >= 11 is 0. The van der Waals surface area contributed by atoms with Crippen molar-refractivity contribution in [2.45, 2.75) is 47.0 Å². The van der Waals surface area contributed by atoms with E-state index in [0.717, 1.165) is 17.0 Å². The van der Waals surface area contributed by atoms with Gasteiger partial charge < -0.3 is 10.4 Å². The summed E-state index contributed by atoms with van der Waals surface area (Å²) in [7, 11) is 1.84. The second kappa shape index (κ2) is 6.74. The summed E-state index contributed by atoms with van der Waals surface area (Å²) < 4.78 is 1.75. The van der Waals surface area contributed by atoms with Gasteiger partial charge in [0.1, 0.15) is 0 Å². The first kappa shape index (κ1) is 17.2. The highest BCUT2D eigenvalue weighted by Gasteiger charge is 2.35. The minimum absolute atomic E-state index is 0.159. The minimum Gasteiger partial charge on any atom is -0.481 e. The fraction of sp³-hybridized carbons (Fsp3) is 0.667. The Labute approximate surface area is 125 Å². The second-order valence-corrected chi connectivity index (χ2v) is 5.52. The molecule has 2 N–H and O–H groups in total. The van der Waals surface area contributed by atoms with Gasteiger partial charge in [-0.25, -0.2) is 0 Å². The molecule has 1 aromatic heterocycles. The maximum atomic E-state index is 12.1. The van der Waals surface area contributed by atoms with Gasteiger partial charge in [-0.05, 0) is 26.7 Å². The molecule has 0 aromatic carbocycles. The van der Waals surface area contributed by atoms with Gasteiger partial charge in [-0.1, -0.05) is 13.8 Å². The SMILES string of the molecule is CCC(CC)(CNC(=O)Cc1c(C)nn(C)c1C)C(=O)O. The van der Waals surface area contributed by atoms with Crippen LogP contribution in [-0.4, -0.2) is 33.3 Å². The van der Waals surface area contributed by atoms with Crippen LogP contribution in [0.15, 0.2) is 0 Å². The number of carboxylic acids is 1. The number of amides is 1. The van der Waals surface area contributed by atoms with E-state index < -0.39 is 11.4 Å². The molecule has 1 heterocycles. The number of rotatable bonds is 7. The third-order valence-electron chi connectivity index (χ3n) is 4.43. The van der Waals surface area contributed by atoms with Crippen LogP contribution >= 0.6 is 0 Å². The monoisotopic (exact) mass is 295 g/mol. The molecular formula is C15H25N3O3. The summed E-state index contributed by atoms with van der Waals surface area (Å²) in [5, 5.41) is 16.4. The van der Waals surface area contributed by atoms with E-state index >= 15 is 0 Å². The third kappa shape index (κ3) is 3.62. The lowest BCUT2D eigenvalue weighted by atomic mass is 9.82. The van der Waals surface area contributed by atoms with Crippen LogP contribution in [0.2, 0.25) is 0 Å². The Kier molecular flexibility index (Phi) is 5.52. The molecular weight excluding hydrogens is 270 g/mol. The van der Waals surface area contributed by atoms with Gasteiger partial charge in [0.15, 0.2) is 0 Å². The van der Waals surface area contributed by atoms with Crippen molar-refractivity contribution >= 4 is 11.9 Å². The van der Waals surface area contributed by atoms with Crippen LogP contribution in [0.3, 0.4) is 0 Å². The number of hydrogen-bond donors (Lipinski definition) is 2. The van der Waals surface area contributed by atoms with Gasteiger partial charge in [0, 0.05) is 24.8 Å². The van der Waals surface area contributed by atoms with Crippen molar-refractivity contribution in [3.8, 4) is 0 Å².